The Bertz CT molecular complexity index is 672. The van der Waals surface area contributed by atoms with Crippen LogP contribution in [0.4, 0.5) is 0 Å². The number of pyridine rings is 1. The lowest BCUT2D eigenvalue weighted by Gasteiger charge is -2.08. The van der Waals surface area contributed by atoms with Crippen molar-refractivity contribution in [3.8, 4) is 0 Å². The number of rotatable bonds is 7. The van der Waals surface area contributed by atoms with Crippen molar-refractivity contribution in [2.75, 3.05) is 5.75 Å². The highest BCUT2D eigenvalue weighted by atomic mass is 32.2. The number of nitrogens with one attached hydrogen (secondary N) is 1. The lowest BCUT2D eigenvalue weighted by atomic mass is 10.1. The second kappa shape index (κ2) is 7.31. The van der Waals surface area contributed by atoms with Gasteiger partial charge in [-0.25, -0.2) is 13.1 Å². The maximum Gasteiger partial charge on any atom is 0.212 e. The van der Waals surface area contributed by atoms with Gasteiger partial charge in [0.1, 0.15) is 0 Å². The number of nitrogens with zero attached hydrogens (tertiary/aromatic N) is 1. The van der Waals surface area contributed by atoms with Gasteiger partial charge >= 0.3 is 0 Å². The molecule has 21 heavy (non-hydrogen) atoms. The summed E-state index contributed by atoms with van der Waals surface area (Å²) in [6, 6.07) is 10.8. The van der Waals surface area contributed by atoms with Gasteiger partial charge in [0, 0.05) is 18.9 Å². The van der Waals surface area contributed by atoms with Crippen molar-refractivity contribution < 1.29 is 13.5 Å². The van der Waals surface area contributed by atoms with E-state index in [0.717, 1.165) is 16.7 Å². The SMILES string of the molecule is O=S(=O)(CCc1ccncc1)NCc1cccc(CO)c1. The molecule has 112 valence electrons. The third kappa shape index (κ3) is 5.26. The standard InChI is InChI=1S/C15H18N2O3S/c18-12-15-3-1-2-14(10-15)11-17-21(19,20)9-6-13-4-7-16-8-5-13/h1-5,7-8,10,17-18H,6,9,11-12H2. The number of aliphatic hydroxyl groups excluding tert-OH is 1. The van der Waals surface area contributed by atoms with E-state index < -0.39 is 10.0 Å². The van der Waals surface area contributed by atoms with Gasteiger partial charge in [-0.1, -0.05) is 24.3 Å². The van der Waals surface area contributed by atoms with E-state index in [2.05, 4.69) is 9.71 Å². The zero-order valence-electron chi connectivity index (χ0n) is 11.6. The monoisotopic (exact) mass is 306 g/mol. The summed E-state index contributed by atoms with van der Waals surface area (Å²) in [5.41, 5.74) is 2.54. The van der Waals surface area contributed by atoms with Crippen molar-refractivity contribution >= 4 is 10.0 Å². The molecule has 5 nitrogen and oxygen atoms in total. The van der Waals surface area contributed by atoms with E-state index in [0.29, 0.717) is 6.42 Å². The molecular weight excluding hydrogens is 288 g/mol. The molecule has 0 aliphatic rings. The minimum Gasteiger partial charge on any atom is -0.392 e. The predicted octanol–water partition coefficient (Wildman–Crippen LogP) is 1.24. The molecule has 0 saturated heterocycles. The molecule has 0 aliphatic carbocycles. The molecule has 0 unspecified atom stereocenters. The highest BCUT2D eigenvalue weighted by molar-refractivity contribution is 7.89. The quantitative estimate of drug-likeness (QED) is 0.806. The largest absolute Gasteiger partial charge is 0.392 e. The zero-order valence-corrected chi connectivity index (χ0v) is 12.4. The first-order chi connectivity index (χ1) is 10.1. The van der Waals surface area contributed by atoms with Crippen molar-refractivity contribution in [2.24, 2.45) is 0 Å². The minimum absolute atomic E-state index is 0.0384. The highest BCUT2D eigenvalue weighted by Gasteiger charge is 2.10. The number of hydrogen-bond acceptors (Lipinski definition) is 4. The van der Waals surface area contributed by atoms with E-state index in [9.17, 15) is 8.42 Å². The Morgan fingerprint density at radius 2 is 1.76 bits per heavy atom. The van der Waals surface area contributed by atoms with Crippen LogP contribution < -0.4 is 4.72 Å². The summed E-state index contributed by atoms with van der Waals surface area (Å²) < 4.78 is 26.5. The third-order valence-corrected chi connectivity index (χ3v) is 4.40. The van der Waals surface area contributed by atoms with E-state index >= 15 is 0 Å². The molecule has 0 spiro atoms. The molecule has 1 aromatic carbocycles. The van der Waals surface area contributed by atoms with Crippen LogP contribution >= 0.6 is 0 Å². The van der Waals surface area contributed by atoms with Gasteiger partial charge in [-0.05, 0) is 35.2 Å². The van der Waals surface area contributed by atoms with Gasteiger partial charge in [0.2, 0.25) is 10.0 Å². The molecule has 6 heteroatoms. The Balaban J connectivity index is 1.89. The summed E-state index contributed by atoms with van der Waals surface area (Å²) in [5, 5.41) is 9.06. The van der Waals surface area contributed by atoms with Crippen molar-refractivity contribution in [1.29, 1.82) is 0 Å². The number of aliphatic hydroxyl groups is 1. The molecule has 0 aliphatic heterocycles. The van der Waals surface area contributed by atoms with Crippen molar-refractivity contribution in [1.82, 2.24) is 9.71 Å². The molecular formula is C15H18N2O3S. The topological polar surface area (TPSA) is 79.3 Å². The van der Waals surface area contributed by atoms with Crippen LogP contribution in [-0.4, -0.2) is 24.3 Å². The zero-order chi connectivity index (χ0) is 15.1. The Hall–Kier alpha value is -1.76. The smallest absolute Gasteiger partial charge is 0.212 e. The van der Waals surface area contributed by atoms with Gasteiger partial charge in [0.05, 0.1) is 12.4 Å². The van der Waals surface area contributed by atoms with Crippen LogP contribution in [0.3, 0.4) is 0 Å². The molecule has 1 aromatic heterocycles. The summed E-state index contributed by atoms with van der Waals surface area (Å²) in [5.74, 6) is 0.0384. The molecule has 0 amide bonds. The van der Waals surface area contributed by atoms with Crippen LogP contribution in [-0.2, 0) is 29.6 Å². The summed E-state index contributed by atoms with van der Waals surface area (Å²) in [7, 11) is -3.33. The number of aryl methyl sites for hydroxylation is 1. The van der Waals surface area contributed by atoms with Gasteiger partial charge in [-0.15, -0.1) is 0 Å². The number of hydrogen-bond donors (Lipinski definition) is 2. The van der Waals surface area contributed by atoms with Gasteiger partial charge < -0.3 is 5.11 Å². The normalized spacial score (nSPS) is 11.5. The fraction of sp³-hybridized carbons (Fsp3) is 0.267. The number of benzene rings is 1. The highest BCUT2D eigenvalue weighted by Crippen LogP contribution is 2.06. The maximum absolute atomic E-state index is 12.0. The molecule has 2 rings (SSSR count). The molecule has 0 bridgehead atoms. The summed E-state index contributed by atoms with van der Waals surface area (Å²) in [6.07, 6.45) is 3.75. The van der Waals surface area contributed by atoms with Gasteiger partial charge in [-0.3, -0.25) is 4.98 Å². The Kier molecular flexibility index (Phi) is 5.44. The van der Waals surface area contributed by atoms with Crippen LogP contribution in [0.2, 0.25) is 0 Å². The van der Waals surface area contributed by atoms with Gasteiger partial charge in [-0.2, -0.15) is 0 Å². The Morgan fingerprint density at radius 3 is 2.48 bits per heavy atom. The Labute approximate surface area is 124 Å². The first-order valence-electron chi connectivity index (χ1n) is 6.64. The summed E-state index contributed by atoms with van der Waals surface area (Å²) in [6.45, 7) is 0.176. The third-order valence-electron chi connectivity index (χ3n) is 3.08. The average Bonchev–Trinajstić information content (AvgIpc) is 2.52. The number of sulfonamides is 1. The molecule has 0 atom stereocenters. The van der Waals surface area contributed by atoms with E-state index in [4.69, 9.17) is 5.11 Å². The molecule has 0 saturated carbocycles. The lowest BCUT2D eigenvalue weighted by molar-refractivity contribution is 0.281. The average molecular weight is 306 g/mol. The van der Waals surface area contributed by atoms with Gasteiger partial charge in [0.25, 0.3) is 0 Å². The van der Waals surface area contributed by atoms with E-state index in [1.807, 2.05) is 6.07 Å². The first-order valence-corrected chi connectivity index (χ1v) is 8.29. The summed E-state index contributed by atoms with van der Waals surface area (Å²) in [4.78, 5) is 3.90. The van der Waals surface area contributed by atoms with Crippen molar-refractivity contribution in [3.63, 3.8) is 0 Å². The first kappa shape index (κ1) is 15.6. The van der Waals surface area contributed by atoms with Crippen LogP contribution in [0, 0.1) is 0 Å². The van der Waals surface area contributed by atoms with Crippen LogP contribution in [0.5, 0.6) is 0 Å². The van der Waals surface area contributed by atoms with Crippen molar-refractivity contribution in [3.05, 3.63) is 65.5 Å². The molecule has 1 heterocycles. The molecule has 0 fully saturated rings. The van der Waals surface area contributed by atoms with E-state index in [1.165, 1.54) is 0 Å². The second-order valence-corrected chi connectivity index (χ2v) is 6.65. The molecule has 0 radical (unpaired) electrons. The van der Waals surface area contributed by atoms with Gasteiger partial charge in [0.15, 0.2) is 0 Å². The number of aromatic nitrogens is 1. The lowest BCUT2D eigenvalue weighted by Crippen LogP contribution is -2.26. The molecule has 2 N–H and O–H groups in total. The van der Waals surface area contributed by atoms with E-state index in [-0.39, 0.29) is 18.9 Å². The fourth-order valence-corrected chi connectivity index (χ4v) is 2.94. The van der Waals surface area contributed by atoms with Crippen molar-refractivity contribution in [2.45, 2.75) is 19.6 Å². The van der Waals surface area contributed by atoms with Crippen LogP contribution in [0.15, 0.2) is 48.8 Å². The summed E-state index contributed by atoms with van der Waals surface area (Å²) >= 11 is 0. The second-order valence-electron chi connectivity index (χ2n) is 4.72. The molecule has 2 aromatic rings. The Morgan fingerprint density at radius 1 is 1.05 bits per heavy atom. The fourth-order valence-electron chi connectivity index (χ4n) is 1.91. The minimum atomic E-state index is -3.33. The van der Waals surface area contributed by atoms with Crippen LogP contribution in [0.25, 0.3) is 0 Å². The van der Waals surface area contributed by atoms with E-state index in [1.54, 1.807) is 42.7 Å². The predicted molar refractivity (Wildman–Crippen MR) is 80.9 cm³/mol. The maximum atomic E-state index is 12.0. The van der Waals surface area contributed by atoms with Crippen LogP contribution in [0.1, 0.15) is 16.7 Å².